The number of alkyl halides is 2. The Morgan fingerprint density at radius 1 is 1.48 bits per heavy atom. The maximum Gasteiger partial charge on any atom is 0.238 e. The van der Waals surface area contributed by atoms with Crippen LogP contribution in [0.3, 0.4) is 0 Å². The SMILES string of the molecule is COOSc1ccc([C@@H](O)[C@@H](CF)NC(=O)C(C)Cl)cc1. The van der Waals surface area contributed by atoms with Gasteiger partial charge in [-0.1, -0.05) is 12.1 Å². The molecule has 0 bridgehead atoms. The van der Waals surface area contributed by atoms with Crippen LogP contribution in [0.1, 0.15) is 18.6 Å². The number of aliphatic hydroxyl groups is 1. The van der Waals surface area contributed by atoms with Gasteiger partial charge in [0.2, 0.25) is 5.91 Å². The van der Waals surface area contributed by atoms with Crippen LogP contribution in [-0.4, -0.2) is 36.2 Å². The van der Waals surface area contributed by atoms with Gasteiger partial charge in [0, 0.05) is 4.90 Å². The van der Waals surface area contributed by atoms with E-state index in [2.05, 4.69) is 14.5 Å². The van der Waals surface area contributed by atoms with Gasteiger partial charge < -0.3 is 10.4 Å². The zero-order valence-corrected chi connectivity index (χ0v) is 13.2. The smallest absolute Gasteiger partial charge is 0.238 e. The van der Waals surface area contributed by atoms with E-state index in [9.17, 15) is 14.3 Å². The van der Waals surface area contributed by atoms with Crippen molar-refractivity contribution in [3.8, 4) is 0 Å². The van der Waals surface area contributed by atoms with Gasteiger partial charge in [-0.15, -0.1) is 11.6 Å². The molecule has 5 nitrogen and oxygen atoms in total. The molecular formula is C13H17ClFNO4S. The number of hydrogen-bond donors (Lipinski definition) is 2. The lowest BCUT2D eigenvalue weighted by molar-refractivity contribution is -0.160. The second-order valence-corrected chi connectivity index (χ2v) is 5.65. The van der Waals surface area contributed by atoms with Crippen molar-refractivity contribution < 1.29 is 23.5 Å². The lowest BCUT2D eigenvalue weighted by Crippen LogP contribution is -2.43. The largest absolute Gasteiger partial charge is 0.386 e. The minimum Gasteiger partial charge on any atom is -0.386 e. The van der Waals surface area contributed by atoms with Crippen molar-refractivity contribution in [3.05, 3.63) is 29.8 Å². The van der Waals surface area contributed by atoms with Crippen LogP contribution in [0.4, 0.5) is 4.39 Å². The summed E-state index contributed by atoms with van der Waals surface area (Å²) in [7, 11) is 1.39. The Morgan fingerprint density at radius 2 is 2.10 bits per heavy atom. The Hall–Kier alpha value is -0.860. The van der Waals surface area contributed by atoms with Crippen LogP contribution in [-0.2, 0) is 14.0 Å². The van der Waals surface area contributed by atoms with Crippen LogP contribution in [0.15, 0.2) is 29.2 Å². The Balaban J connectivity index is 2.71. The van der Waals surface area contributed by atoms with Gasteiger partial charge in [-0.3, -0.25) is 4.79 Å². The first kappa shape index (κ1) is 18.2. The molecule has 0 aliphatic heterocycles. The molecule has 21 heavy (non-hydrogen) atoms. The molecule has 0 aliphatic carbocycles. The molecule has 0 fully saturated rings. The highest BCUT2D eigenvalue weighted by atomic mass is 35.5. The van der Waals surface area contributed by atoms with Crippen molar-refractivity contribution in [1.82, 2.24) is 5.32 Å². The Labute approximate surface area is 131 Å². The summed E-state index contributed by atoms with van der Waals surface area (Å²) in [6.45, 7) is 0.570. The van der Waals surface area contributed by atoms with E-state index < -0.39 is 30.1 Å². The molecule has 0 aromatic heterocycles. The van der Waals surface area contributed by atoms with Crippen molar-refractivity contribution in [2.24, 2.45) is 0 Å². The standard InChI is InChI=1S/C13H17ClFNO4S/c1-8(14)13(18)16-11(7-15)12(17)9-3-5-10(6-4-9)21-20-19-2/h3-6,8,11-12,17H,7H2,1-2H3,(H,16,18)/t8?,11-,12-/m1/s1. The van der Waals surface area contributed by atoms with Crippen LogP contribution >= 0.6 is 23.6 Å². The van der Waals surface area contributed by atoms with Gasteiger partial charge in [-0.2, -0.15) is 4.33 Å². The van der Waals surface area contributed by atoms with Gasteiger partial charge in [0.15, 0.2) is 0 Å². The summed E-state index contributed by atoms with van der Waals surface area (Å²) in [6.07, 6.45) is -1.17. The Bertz CT molecular complexity index is 446. The van der Waals surface area contributed by atoms with Gasteiger partial charge in [-0.05, 0) is 24.6 Å². The van der Waals surface area contributed by atoms with Crippen molar-refractivity contribution in [3.63, 3.8) is 0 Å². The number of carbonyl (C=O) groups is 1. The predicted octanol–water partition coefficient (Wildman–Crippen LogP) is 2.39. The van der Waals surface area contributed by atoms with Gasteiger partial charge in [0.1, 0.15) is 18.2 Å². The van der Waals surface area contributed by atoms with E-state index in [-0.39, 0.29) is 0 Å². The number of nitrogens with one attached hydrogen (secondary N) is 1. The lowest BCUT2D eigenvalue weighted by Gasteiger charge is -2.22. The molecule has 8 heteroatoms. The quantitative estimate of drug-likeness (QED) is 0.330. The molecule has 2 N–H and O–H groups in total. The molecule has 118 valence electrons. The van der Waals surface area contributed by atoms with Crippen LogP contribution < -0.4 is 5.32 Å². The summed E-state index contributed by atoms with van der Waals surface area (Å²) in [5.41, 5.74) is 0.474. The monoisotopic (exact) mass is 337 g/mol. The van der Waals surface area contributed by atoms with Gasteiger partial charge in [0.05, 0.1) is 25.2 Å². The minimum atomic E-state index is -1.17. The molecule has 0 radical (unpaired) electrons. The maximum atomic E-state index is 13.0. The van der Waals surface area contributed by atoms with E-state index in [0.717, 1.165) is 16.9 Å². The highest BCUT2D eigenvalue weighted by molar-refractivity contribution is 7.94. The first-order chi connectivity index (χ1) is 9.99. The molecule has 1 aromatic carbocycles. The van der Waals surface area contributed by atoms with Crippen LogP contribution in [0.25, 0.3) is 0 Å². The van der Waals surface area contributed by atoms with E-state index in [1.807, 2.05) is 0 Å². The van der Waals surface area contributed by atoms with Gasteiger partial charge in [-0.25, -0.2) is 9.28 Å². The highest BCUT2D eigenvalue weighted by Crippen LogP contribution is 2.23. The maximum absolute atomic E-state index is 13.0. The third-order valence-electron chi connectivity index (χ3n) is 2.66. The number of aliphatic hydroxyl groups excluding tert-OH is 1. The summed E-state index contributed by atoms with van der Waals surface area (Å²) >= 11 is 6.61. The van der Waals surface area contributed by atoms with Crippen molar-refractivity contribution in [1.29, 1.82) is 0 Å². The summed E-state index contributed by atoms with van der Waals surface area (Å²) in [6, 6.07) is 5.55. The first-order valence-corrected chi connectivity index (χ1v) is 7.33. The molecule has 1 unspecified atom stereocenters. The molecule has 1 rings (SSSR count). The first-order valence-electron chi connectivity index (χ1n) is 6.15. The van der Waals surface area contributed by atoms with E-state index in [4.69, 9.17) is 11.6 Å². The van der Waals surface area contributed by atoms with E-state index in [1.54, 1.807) is 24.3 Å². The third-order valence-corrected chi connectivity index (χ3v) is 3.52. The van der Waals surface area contributed by atoms with Crippen LogP contribution in [0.5, 0.6) is 0 Å². The average Bonchev–Trinajstić information content (AvgIpc) is 2.50. The predicted molar refractivity (Wildman–Crippen MR) is 78.6 cm³/mol. The van der Waals surface area contributed by atoms with E-state index in [0.29, 0.717) is 5.56 Å². The number of carbonyl (C=O) groups excluding carboxylic acids is 1. The molecule has 1 aromatic rings. The number of halogens is 2. The zero-order chi connectivity index (χ0) is 15.8. The number of benzene rings is 1. The second-order valence-electron chi connectivity index (χ2n) is 4.22. The molecule has 0 saturated heterocycles. The fourth-order valence-corrected chi connectivity index (χ4v) is 1.98. The molecule has 3 atom stereocenters. The zero-order valence-electron chi connectivity index (χ0n) is 11.6. The number of hydrogen-bond acceptors (Lipinski definition) is 5. The van der Waals surface area contributed by atoms with E-state index >= 15 is 0 Å². The summed E-state index contributed by atoms with van der Waals surface area (Å²) in [5.74, 6) is -0.529. The minimum absolute atomic E-state index is 0.474. The summed E-state index contributed by atoms with van der Waals surface area (Å²) in [5, 5.41) is 11.7. The number of amides is 1. The molecule has 0 saturated carbocycles. The normalized spacial score (nSPS) is 15.3. The summed E-state index contributed by atoms with van der Waals surface area (Å²) < 4.78 is 17.7. The van der Waals surface area contributed by atoms with Gasteiger partial charge in [0.25, 0.3) is 0 Å². The average molecular weight is 338 g/mol. The lowest BCUT2D eigenvalue weighted by atomic mass is 10.0. The molecular weight excluding hydrogens is 321 g/mol. The van der Waals surface area contributed by atoms with Crippen molar-refractivity contribution in [2.45, 2.75) is 29.3 Å². The fraction of sp³-hybridized carbons (Fsp3) is 0.462. The molecule has 0 spiro atoms. The highest BCUT2D eigenvalue weighted by Gasteiger charge is 2.24. The fourth-order valence-electron chi connectivity index (χ4n) is 1.53. The molecule has 1 amide bonds. The Kier molecular flexibility index (Phi) is 7.98. The van der Waals surface area contributed by atoms with E-state index in [1.165, 1.54) is 14.0 Å². The summed E-state index contributed by atoms with van der Waals surface area (Å²) in [4.78, 5) is 16.7. The topological polar surface area (TPSA) is 67.8 Å². The second kappa shape index (κ2) is 9.22. The Morgan fingerprint density at radius 3 is 2.57 bits per heavy atom. The van der Waals surface area contributed by atoms with Gasteiger partial charge >= 0.3 is 0 Å². The molecule has 0 aliphatic rings. The van der Waals surface area contributed by atoms with Crippen LogP contribution in [0.2, 0.25) is 0 Å². The molecule has 0 heterocycles. The van der Waals surface area contributed by atoms with Crippen molar-refractivity contribution >= 4 is 29.6 Å². The third kappa shape index (κ3) is 5.80. The number of rotatable bonds is 8. The van der Waals surface area contributed by atoms with Crippen molar-refractivity contribution in [2.75, 3.05) is 13.8 Å². The van der Waals surface area contributed by atoms with Crippen LogP contribution in [0, 0.1) is 0 Å².